The lowest BCUT2D eigenvalue weighted by atomic mass is 10.1. The number of hydrogen-bond donors (Lipinski definition) is 0. The van der Waals surface area contributed by atoms with Crippen LogP contribution in [0.25, 0.3) is 0 Å². The molecule has 0 amide bonds. The standard InChI is InChI=1S/C18H30S2Si/c1-6-21(7-2,8-3)18(19-10-9-11-20-18)17-13-15(4)12-16(5)14-17/h12-14H,6-11H2,1-5H3. The summed E-state index contributed by atoms with van der Waals surface area (Å²) in [4.78, 5) is 0. The van der Waals surface area contributed by atoms with Crippen LogP contribution in [-0.2, 0) is 3.70 Å². The fourth-order valence-corrected chi connectivity index (χ4v) is 16.0. The van der Waals surface area contributed by atoms with E-state index in [1.165, 1.54) is 47.2 Å². The summed E-state index contributed by atoms with van der Waals surface area (Å²) >= 11 is 4.57. The molecule has 1 fully saturated rings. The van der Waals surface area contributed by atoms with Gasteiger partial charge in [0.25, 0.3) is 0 Å². The van der Waals surface area contributed by atoms with E-state index in [2.05, 4.69) is 76.3 Å². The lowest BCUT2D eigenvalue weighted by Crippen LogP contribution is -2.52. The quantitative estimate of drug-likeness (QED) is 0.572. The van der Waals surface area contributed by atoms with Crippen molar-refractivity contribution in [2.75, 3.05) is 11.5 Å². The molecule has 0 aliphatic carbocycles. The van der Waals surface area contributed by atoms with Crippen LogP contribution in [0.4, 0.5) is 0 Å². The maximum absolute atomic E-state index is 2.49. The van der Waals surface area contributed by atoms with Crippen molar-refractivity contribution in [3.8, 4) is 0 Å². The van der Waals surface area contributed by atoms with Gasteiger partial charge in [-0.3, -0.25) is 0 Å². The van der Waals surface area contributed by atoms with Crippen molar-refractivity contribution in [1.82, 2.24) is 0 Å². The Morgan fingerprint density at radius 2 is 1.38 bits per heavy atom. The molecule has 118 valence electrons. The zero-order valence-electron chi connectivity index (χ0n) is 14.3. The van der Waals surface area contributed by atoms with Gasteiger partial charge in [0.1, 0.15) is 0 Å². The maximum atomic E-state index is 2.49. The molecule has 21 heavy (non-hydrogen) atoms. The van der Waals surface area contributed by atoms with Crippen molar-refractivity contribution < 1.29 is 0 Å². The van der Waals surface area contributed by atoms with Crippen molar-refractivity contribution in [3.63, 3.8) is 0 Å². The highest BCUT2D eigenvalue weighted by Crippen LogP contribution is 2.59. The van der Waals surface area contributed by atoms with Crippen LogP contribution in [0.2, 0.25) is 18.1 Å². The van der Waals surface area contributed by atoms with Gasteiger partial charge in [0, 0.05) is 0 Å². The summed E-state index contributed by atoms with van der Waals surface area (Å²) < 4.78 is 0.389. The Hall–Kier alpha value is 0.137. The largest absolute Gasteiger partial charge is 0.143 e. The predicted molar refractivity (Wildman–Crippen MR) is 104 cm³/mol. The molecule has 3 heteroatoms. The third kappa shape index (κ3) is 3.11. The van der Waals surface area contributed by atoms with Gasteiger partial charge in [0.2, 0.25) is 0 Å². The smallest absolute Gasteiger partial charge is 0.0892 e. The number of aryl methyl sites for hydroxylation is 2. The minimum Gasteiger partial charge on any atom is -0.143 e. The fourth-order valence-electron chi connectivity index (χ4n) is 3.92. The van der Waals surface area contributed by atoms with Crippen molar-refractivity contribution >= 4 is 31.6 Å². The number of thioether (sulfide) groups is 2. The Kier molecular flexibility index (Phi) is 5.95. The molecule has 0 aromatic heterocycles. The molecule has 0 saturated carbocycles. The van der Waals surface area contributed by atoms with Crippen molar-refractivity contribution in [2.24, 2.45) is 0 Å². The van der Waals surface area contributed by atoms with E-state index in [4.69, 9.17) is 0 Å². The van der Waals surface area contributed by atoms with E-state index in [1.807, 2.05) is 0 Å². The first kappa shape index (κ1) is 17.5. The third-order valence-corrected chi connectivity index (χ3v) is 17.4. The molecule has 1 aliphatic heterocycles. The van der Waals surface area contributed by atoms with E-state index in [1.54, 1.807) is 5.56 Å². The molecule has 2 rings (SSSR count). The second-order valence-corrected chi connectivity index (χ2v) is 15.4. The highest BCUT2D eigenvalue weighted by Gasteiger charge is 2.52. The highest BCUT2D eigenvalue weighted by atomic mass is 32.2. The first-order chi connectivity index (χ1) is 10.0. The van der Waals surface area contributed by atoms with Crippen LogP contribution in [0, 0.1) is 13.8 Å². The van der Waals surface area contributed by atoms with Crippen LogP contribution in [0.15, 0.2) is 18.2 Å². The Labute approximate surface area is 140 Å². The molecule has 0 atom stereocenters. The minimum atomic E-state index is -1.33. The number of benzene rings is 1. The summed E-state index contributed by atoms with van der Waals surface area (Å²) in [6.07, 6.45) is 1.38. The van der Waals surface area contributed by atoms with Crippen LogP contribution in [0.1, 0.15) is 43.9 Å². The summed E-state index contributed by atoms with van der Waals surface area (Å²) in [5.41, 5.74) is 4.50. The van der Waals surface area contributed by atoms with E-state index in [0.717, 1.165) is 0 Å². The second kappa shape index (κ2) is 7.14. The molecule has 0 bridgehead atoms. The molecule has 0 unspecified atom stereocenters. The molecule has 1 saturated heterocycles. The highest BCUT2D eigenvalue weighted by molar-refractivity contribution is 8.20. The molecule has 0 radical (unpaired) electrons. The summed E-state index contributed by atoms with van der Waals surface area (Å²) in [5.74, 6) is 2.68. The van der Waals surface area contributed by atoms with Crippen LogP contribution in [0.3, 0.4) is 0 Å². The van der Waals surface area contributed by atoms with Crippen molar-refractivity contribution in [2.45, 2.75) is 62.9 Å². The first-order valence-corrected chi connectivity index (χ1v) is 13.0. The normalized spacial score (nSPS) is 18.7. The topological polar surface area (TPSA) is 0 Å². The maximum Gasteiger partial charge on any atom is 0.0892 e. The molecule has 1 aromatic carbocycles. The van der Waals surface area contributed by atoms with Gasteiger partial charge in [0.05, 0.1) is 11.8 Å². The summed E-state index contributed by atoms with van der Waals surface area (Å²) in [6.45, 7) is 11.9. The zero-order chi connectivity index (χ0) is 15.5. The Bertz CT molecular complexity index is 446. The van der Waals surface area contributed by atoms with Crippen LogP contribution in [-0.4, -0.2) is 19.6 Å². The van der Waals surface area contributed by atoms with Gasteiger partial charge in [-0.25, -0.2) is 0 Å². The van der Waals surface area contributed by atoms with E-state index in [-0.39, 0.29) is 0 Å². The Morgan fingerprint density at radius 1 is 0.905 bits per heavy atom. The third-order valence-electron chi connectivity index (χ3n) is 5.23. The lowest BCUT2D eigenvalue weighted by molar-refractivity contribution is 1.000. The molecule has 0 nitrogen and oxygen atoms in total. The van der Waals surface area contributed by atoms with Crippen molar-refractivity contribution in [3.05, 3.63) is 34.9 Å². The van der Waals surface area contributed by atoms with Crippen molar-refractivity contribution in [1.29, 1.82) is 0 Å². The van der Waals surface area contributed by atoms with Gasteiger partial charge in [-0.1, -0.05) is 68.2 Å². The molecule has 1 aromatic rings. The van der Waals surface area contributed by atoms with Crippen LogP contribution in [0.5, 0.6) is 0 Å². The summed E-state index contributed by atoms with van der Waals surface area (Å²) in [6, 6.07) is 11.5. The molecular weight excluding hydrogens is 308 g/mol. The monoisotopic (exact) mass is 338 g/mol. The average molecular weight is 339 g/mol. The van der Waals surface area contributed by atoms with Gasteiger partial charge in [-0.15, -0.1) is 23.5 Å². The van der Waals surface area contributed by atoms with E-state index >= 15 is 0 Å². The molecule has 1 aliphatic rings. The van der Waals surface area contributed by atoms with E-state index < -0.39 is 8.07 Å². The van der Waals surface area contributed by atoms with Gasteiger partial charge in [-0.2, -0.15) is 0 Å². The number of hydrogen-bond acceptors (Lipinski definition) is 2. The summed E-state index contributed by atoms with van der Waals surface area (Å²) in [5, 5.41) is 0. The van der Waals surface area contributed by atoms with Gasteiger partial charge in [-0.05, 0) is 37.3 Å². The van der Waals surface area contributed by atoms with Crippen LogP contribution < -0.4 is 0 Å². The molecule has 0 N–H and O–H groups in total. The fraction of sp³-hybridized carbons (Fsp3) is 0.667. The second-order valence-electron chi connectivity index (χ2n) is 6.38. The van der Waals surface area contributed by atoms with Gasteiger partial charge >= 0.3 is 0 Å². The van der Waals surface area contributed by atoms with Crippen LogP contribution >= 0.6 is 23.5 Å². The lowest BCUT2D eigenvalue weighted by Gasteiger charge is -2.50. The predicted octanol–water partition coefficient (Wildman–Crippen LogP) is 6.37. The first-order valence-electron chi connectivity index (χ1n) is 8.40. The van der Waals surface area contributed by atoms with Gasteiger partial charge < -0.3 is 0 Å². The average Bonchev–Trinajstić information content (AvgIpc) is 2.49. The summed E-state index contributed by atoms with van der Waals surface area (Å²) in [7, 11) is -1.33. The zero-order valence-corrected chi connectivity index (χ0v) is 16.9. The Morgan fingerprint density at radius 3 is 1.81 bits per heavy atom. The number of rotatable bonds is 5. The minimum absolute atomic E-state index is 0.389. The molecule has 0 spiro atoms. The Balaban J connectivity index is 2.60. The van der Waals surface area contributed by atoms with E-state index in [0.29, 0.717) is 3.70 Å². The van der Waals surface area contributed by atoms with E-state index in [9.17, 15) is 0 Å². The molecule has 1 heterocycles. The van der Waals surface area contributed by atoms with Gasteiger partial charge in [0.15, 0.2) is 0 Å². The SMILES string of the molecule is CC[Si](CC)(CC)C1(c2cc(C)cc(C)c2)SCCCS1. The molecular formula is C18H30S2Si.